The molecule has 0 bridgehead atoms. The number of carbonyl (C=O) groups excluding carboxylic acids is 2. The third kappa shape index (κ3) is 2.48. The van der Waals surface area contributed by atoms with E-state index in [0.717, 1.165) is 17.2 Å². The van der Waals surface area contributed by atoms with Gasteiger partial charge in [-0.25, -0.2) is 4.79 Å². The Morgan fingerprint density at radius 1 is 1.28 bits per heavy atom. The molecule has 0 spiro atoms. The lowest BCUT2D eigenvalue weighted by Crippen LogP contribution is -2.01. The highest BCUT2D eigenvalue weighted by Crippen LogP contribution is 2.26. The van der Waals surface area contributed by atoms with Crippen LogP contribution in [-0.4, -0.2) is 18.9 Å². The fraction of sp³-hybridized carbons (Fsp3) is 0.143. The van der Waals surface area contributed by atoms with Crippen molar-refractivity contribution >= 4 is 17.5 Å². The van der Waals surface area contributed by atoms with E-state index in [1.807, 2.05) is 31.2 Å². The molecule has 0 amide bonds. The molecule has 1 aromatic carbocycles. The quantitative estimate of drug-likeness (QED) is 0.589. The number of ketones is 1. The Hall–Kier alpha value is -2.36. The van der Waals surface area contributed by atoms with Crippen LogP contribution < -0.4 is 0 Å². The smallest absolute Gasteiger partial charge is 0.334 e. The fourth-order valence-corrected chi connectivity index (χ4v) is 1.52. The fourth-order valence-electron chi connectivity index (χ4n) is 1.52. The molecule has 1 aliphatic rings. The van der Waals surface area contributed by atoms with E-state index in [9.17, 15) is 9.59 Å². The zero-order valence-electron chi connectivity index (χ0n) is 10.1. The number of hydrogen-bond donors (Lipinski definition) is 0. The first-order valence-electron chi connectivity index (χ1n) is 5.40. The van der Waals surface area contributed by atoms with Gasteiger partial charge in [-0.1, -0.05) is 29.8 Å². The Kier molecular flexibility index (Phi) is 3.28. The number of benzene rings is 1. The van der Waals surface area contributed by atoms with Gasteiger partial charge >= 0.3 is 5.97 Å². The maximum absolute atomic E-state index is 11.6. The minimum atomic E-state index is -0.614. The van der Waals surface area contributed by atoms with Crippen LogP contribution in [0.1, 0.15) is 11.1 Å². The van der Waals surface area contributed by atoms with Crippen LogP contribution in [0.5, 0.6) is 0 Å². The number of carbonyl (C=O) groups is 2. The lowest BCUT2D eigenvalue weighted by Gasteiger charge is -2.04. The third-order valence-electron chi connectivity index (χ3n) is 2.51. The van der Waals surface area contributed by atoms with E-state index in [4.69, 9.17) is 4.74 Å². The molecule has 0 unspecified atom stereocenters. The van der Waals surface area contributed by atoms with Gasteiger partial charge in [0.1, 0.15) is 5.76 Å². The van der Waals surface area contributed by atoms with E-state index in [-0.39, 0.29) is 11.5 Å². The minimum Gasteiger partial charge on any atom is -0.466 e. The van der Waals surface area contributed by atoms with Crippen molar-refractivity contribution in [3.63, 3.8) is 0 Å². The molecule has 0 saturated carbocycles. The standard InChI is InChI=1S/C14H12O4/c1-9-3-5-10(6-4-9)12-7-11(15)13(18-12)8-14(16)17-2/h3-8H,1-2H3. The number of ether oxygens (including phenoxy) is 2. The van der Waals surface area contributed by atoms with Crippen molar-refractivity contribution in [2.75, 3.05) is 7.11 Å². The van der Waals surface area contributed by atoms with Gasteiger partial charge in [0, 0.05) is 11.6 Å². The van der Waals surface area contributed by atoms with E-state index >= 15 is 0 Å². The summed E-state index contributed by atoms with van der Waals surface area (Å²) in [6, 6.07) is 7.56. The van der Waals surface area contributed by atoms with Crippen molar-refractivity contribution in [2.24, 2.45) is 0 Å². The molecule has 0 aromatic heterocycles. The first-order valence-corrected chi connectivity index (χ1v) is 5.40. The minimum absolute atomic E-state index is 0.0163. The Bertz CT molecular complexity index is 550. The SMILES string of the molecule is COC(=O)C=C1OC(c2ccc(C)cc2)=CC1=O. The van der Waals surface area contributed by atoms with Crippen LogP contribution in [0.15, 0.2) is 42.2 Å². The summed E-state index contributed by atoms with van der Waals surface area (Å²) in [4.78, 5) is 22.6. The Labute approximate surface area is 105 Å². The van der Waals surface area contributed by atoms with Crippen molar-refractivity contribution in [1.29, 1.82) is 0 Å². The zero-order valence-corrected chi connectivity index (χ0v) is 10.1. The van der Waals surface area contributed by atoms with Crippen molar-refractivity contribution in [2.45, 2.75) is 6.92 Å². The molecule has 1 aliphatic heterocycles. The van der Waals surface area contributed by atoms with Crippen LogP contribution in [0.25, 0.3) is 5.76 Å². The number of methoxy groups -OCH3 is 1. The van der Waals surface area contributed by atoms with Crippen molar-refractivity contribution < 1.29 is 19.1 Å². The maximum Gasteiger partial charge on any atom is 0.334 e. The second kappa shape index (κ2) is 4.87. The van der Waals surface area contributed by atoms with Crippen LogP contribution in [0.3, 0.4) is 0 Å². The molecular formula is C14H12O4. The molecule has 2 rings (SSSR count). The molecule has 1 heterocycles. The van der Waals surface area contributed by atoms with Crippen molar-refractivity contribution in [3.8, 4) is 0 Å². The van der Waals surface area contributed by atoms with Crippen LogP contribution in [0.4, 0.5) is 0 Å². The molecular weight excluding hydrogens is 232 g/mol. The average Bonchev–Trinajstić information content (AvgIpc) is 2.71. The molecule has 0 radical (unpaired) electrons. The van der Waals surface area contributed by atoms with Crippen LogP contribution in [0, 0.1) is 6.92 Å². The zero-order chi connectivity index (χ0) is 13.1. The molecule has 0 N–H and O–H groups in total. The largest absolute Gasteiger partial charge is 0.466 e. The summed E-state index contributed by atoms with van der Waals surface area (Å²) >= 11 is 0. The number of hydrogen-bond acceptors (Lipinski definition) is 4. The summed E-state index contributed by atoms with van der Waals surface area (Å²) in [7, 11) is 1.24. The molecule has 0 saturated heterocycles. The molecule has 4 nitrogen and oxygen atoms in total. The summed E-state index contributed by atoms with van der Waals surface area (Å²) in [6.45, 7) is 1.97. The molecule has 1 aromatic rings. The molecule has 0 fully saturated rings. The number of esters is 1. The van der Waals surface area contributed by atoms with Crippen molar-refractivity contribution in [3.05, 3.63) is 53.3 Å². The number of rotatable bonds is 2. The second-order valence-electron chi connectivity index (χ2n) is 3.87. The van der Waals surface area contributed by atoms with Gasteiger partial charge in [0.15, 0.2) is 5.76 Å². The predicted octanol–water partition coefficient (Wildman–Crippen LogP) is 1.99. The van der Waals surface area contributed by atoms with Gasteiger partial charge in [-0.3, -0.25) is 4.79 Å². The Morgan fingerprint density at radius 2 is 1.94 bits per heavy atom. The van der Waals surface area contributed by atoms with E-state index in [2.05, 4.69) is 4.74 Å². The van der Waals surface area contributed by atoms with Gasteiger partial charge in [-0.2, -0.15) is 0 Å². The van der Waals surface area contributed by atoms with Gasteiger partial charge < -0.3 is 9.47 Å². The van der Waals surface area contributed by atoms with Gasteiger partial charge in [0.05, 0.1) is 13.2 Å². The second-order valence-corrected chi connectivity index (χ2v) is 3.87. The normalized spacial score (nSPS) is 16.4. The highest BCUT2D eigenvalue weighted by atomic mass is 16.5. The van der Waals surface area contributed by atoms with Gasteiger partial charge in [0.2, 0.25) is 5.78 Å². The molecule has 18 heavy (non-hydrogen) atoms. The van der Waals surface area contributed by atoms with E-state index in [1.54, 1.807) is 0 Å². The van der Waals surface area contributed by atoms with Crippen LogP contribution >= 0.6 is 0 Å². The Morgan fingerprint density at radius 3 is 2.56 bits per heavy atom. The summed E-state index contributed by atoms with van der Waals surface area (Å²) < 4.78 is 9.79. The lowest BCUT2D eigenvalue weighted by atomic mass is 10.1. The average molecular weight is 244 g/mol. The lowest BCUT2D eigenvalue weighted by molar-refractivity contribution is -0.135. The predicted molar refractivity (Wildman–Crippen MR) is 65.3 cm³/mol. The van der Waals surface area contributed by atoms with E-state index in [0.29, 0.717) is 5.76 Å². The first kappa shape index (κ1) is 12.1. The highest BCUT2D eigenvalue weighted by Gasteiger charge is 2.22. The summed E-state index contributed by atoms with van der Waals surface area (Å²) in [5.74, 6) is -0.527. The number of aryl methyl sites for hydroxylation is 1. The number of allylic oxidation sites excluding steroid dienone is 1. The summed E-state index contributed by atoms with van der Waals surface area (Å²) in [5, 5.41) is 0. The van der Waals surface area contributed by atoms with Crippen LogP contribution in [0.2, 0.25) is 0 Å². The highest BCUT2D eigenvalue weighted by molar-refractivity contribution is 6.12. The van der Waals surface area contributed by atoms with Crippen molar-refractivity contribution in [1.82, 2.24) is 0 Å². The van der Waals surface area contributed by atoms with Gasteiger partial charge in [0.25, 0.3) is 0 Å². The monoisotopic (exact) mass is 244 g/mol. The molecule has 4 heteroatoms. The molecule has 92 valence electrons. The maximum atomic E-state index is 11.6. The van der Waals surface area contributed by atoms with Gasteiger partial charge in [-0.15, -0.1) is 0 Å². The summed E-state index contributed by atoms with van der Waals surface area (Å²) in [5.41, 5.74) is 1.91. The Balaban J connectivity index is 2.22. The first-order chi connectivity index (χ1) is 8.60. The van der Waals surface area contributed by atoms with Crippen LogP contribution in [-0.2, 0) is 19.1 Å². The summed E-state index contributed by atoms with van der Waals surface area (Å²) in [6.07, 6.45) is 2.40. The van der Waals surface area contributed by atoms with Gasteiger partial charge in [-0.05, 0) is 6.92 Å². The molecule has 0 atom stereocenters. The van der Waals surface area contributed by atoms with E-state index < -0.39 is 5.97 Å². The van der Waals surface area contributed by atoms with E-state index in [1.165, 1.54) is 13.2 Å². The molecule has 0 aliphatic carbocycles. The topological polar surface area (TPSA) is 52.6 Å². The third-order valence-corrected chi connectivity index (χ3v) is 2.51.